The predicted octanol–water partition coefficient (Wildman–Crippen LogP) is 2.86. The van der Waals surface area contributed by atoms with Crippen LogP contribution < -0.4 is 0 Å². The van der Waals surface area contributed by atoms with Gasteiger partial charge in [0, 0.05) is 0 Å². The smallest absolute Gasteiger partial charge is 0.344 e. The lowest BCUT2D eigenvalue weighted by molar-refractivity contribution is -0.385. The van der Waals surface area contributed by atoms with Crippen LogP contribution >= 0.6 is 23.2 Å². The molecule has 0 aromatic heterocycles. The number of hydrogen-bond donors (Lipinski definition) is 0. The highest BCUT2D eigenvalue weighted by Crippen LogP contribution is 2.35. The number of carbonyl (C=O) groups is 1. The van der Waals surface area contributed by atoms with Crippen molar-refractivity contribution >= 4 is 34.9 Å². The van der Waals surface area contributed by atoms with Crippen molar-refractivity contribution in [2.45, 2.75) is 4.84 Å². The maximum absolute atomic E-state index is 11.3. The normalized spacial score (nSPS) is 10.2. The molecule has 16 heavy (non-hydrogen) atoms. The minimum atomic E-state index is -1.08. The number of carbonyl (C=O) groups excluding carboxylic acids is 1. The Balaban J connectivity index is 3.44. The van der Waals surface area contributed by atoms with Gasteiger partial charge >= 0.3 is 5.97 Å². The Labute approximate surface area is 101 Å². The summed E-state index contributed by atoms with van der Waals surface area (Å²) in [6.45, 7) is 0. The first-order valence-electron chi connectivity index (χ1n) is 4.12. The fourth-order valence-corrected chi connectivity index (χ4v) is 1.57. The van der Waals surface area contributed by atoms with Crippen molar-refractivity contribution in [1.29, 1.82) is 0 Å². The Hall–Kier alpha value is -1.33. The monoisotopic (exact) mass is 263 g/mol. The van der Waals surface area contributed by atoms with E-state index in [0.29, 0.717) is 0 Å². The second-order valence-corrected chi connectivity index (χ2v) is 3.89. The summed E-state index contributed by atoms with van der Waals surface area (Å²) in [6, 6.07) is 4.12. The zero-order chi connectivity index (χ0) is 12.3. The molecule has 5 nitrogen and oxygen atoms in total. The first-order chi connectivity index (χ1) is 7.49. The summed E-state index contributed by atoms with van der Waals surface area (Å²) in [6.07, 6.45) is 0. The van der Waals surface area contributed by atoms with E-state index in [2.05, 4.69) is 4.74 Å². The van der Waals surface area contributed by atoms with Crippen LogP contribution in [0.3, 0.4) is 0 Å². The fourth-order valence-electron chi connectivity index (χ4n) is 1.22. The zero-order valence-corrected chi connectivity index (χ0v) is 9.66. The number of para-hydroxylation sites is 1. The number of rotatable bonds is 3. The second-order valence-electron chi connectivity index (χ2n) is 2.79. The van der Waals surface area contributed by atoms with Gasteiger partial charge in [0.1, 0.15) is 10.4 Å². The van der Waals surface area contributed by atoms with Gasteiger partial charge in [-0.25, -0.2) is 4.79 Å². The van der Waals surface area contributed by atoms with Crippen molar-refractivity contribution in [3.8, 4) is 0 Å². The lowest BCUT2D eigenvalue weighted by atomic mass is 10.1. The number of hydrogen-bond acceptors (Lipinski definition) is 4. The van der Waals surface area contributed by atoms with Crippen LogP contribution in [-0.2, 0) is 4.74 Å². The summed E-state index contributed by atoms with van der Waals surface area (Å²) in [5, 5.41) is 10.8. The Kier molecular flexibility index (Phi) is 4.09. The van der Waals surface area contributed by atoms with Gasteiger partial charge < -0.3 is 4.74 Å². The van der Waals surface area contributed by atoms with E-state index >= 15 is 0 Å². The van der Waals surface area contributed by atoms with Crippen LogP contribution in [0.2, 0.25) is 0 Å². The maximum atomic E-state index is 11.3. The zero-order valence-electron chi connectivity index (χ0n) is 8.15. The van der Waals surface area contributed by atoms with Gasteiger partial charge in [-0.15, -0.1) is 0 Å². The van der Waals surface area contributed by atoms with Crippen LogP contribution in [0.4, 0.5) is 5.69 Å². The third-order valence-electron chi connectivity index (χ3n) is 1.89. The Morgan fingerprint density at radius 1 is 1.50 bits per heavy atom. The molecule has 1 aromatic carbocycles. The highest BCUT2D eigenvalue weighted by Gasteiger charge is 2.27. The molecule has 0 saturated heterocycles. The number of nitrogens with zero attached hydrogens (tertiary/aromatic N) is 1. The predicted molar refractivity (Wildman–Crippen MR) is 58.9 cm³/mol. The first-order valence-corrected chi connectivity index (χ1v) is 5.00. The SMILES string of the molecule is COC(=O)c1cccc(C(Cl)Cl)c1[N+](=O)[O-]. The van der Waals surface area contributed by atoms with E-state index in [4.69, 9.17) is 23.2 Å². The molecular formula is C9H7Cl2NO4. The average Bonchev–Trinajstić information content (AvgIpc) is 2.26. The van der Waals surface area contributed by atoms with Crippen molar-refractivity contribution in [2.24, 2.45) is 0 Å². The second kappa shape index (κ2) is 5.14. The summed E-state index contributed by atoms with van der Waals surface area (Å²) < 4.78 is 4.43. The minimum absolute atomic E-state index is 0.0660. The van der Waals surface area contributed by atoms with Crippen LogP contribution in [0.1, 0.15) is 20.8 Å². The van der Waals surface area contributed by atoms with Gasteiger partial charge in [0.15, 0.2) is 0 Å². The van der Waals surface area contributed by atoms with E-state index in [1.807, 2.05) is 0 Å². The first kappa shape index (κ1) is 12.7. The number of nitro groups is 1. The molecule has 0 amide bonds. The summed E-state index contributed by atoms with van der Waals surface area (Å²) in [7, 11) is 1.14. The van der Waals surface area contributed by atoms with Gasteiger partial charge in [-0.1, -0.05) is 29.3 Å². The van der Waals surface area contributed by atoms with E-state index in [1.165, 1.54) is 18.2 Å². The molecule has 0 aliphatic rings. The van der Waals surface area contributed by atoms with E-state index in [9.17, 15) is 14.9 Å². The van der Waals surface area contributed by atoms with Gasteiger partial charge in [0.05, 0.1) is 17.6 Å². The molecule has 1 rings (SSSR count). The molecule has 7 heteroatoms. The van der Waals surface area contributed by atoms with Gasteiger partial charge in [0.25, 0.3) is 5.69 Å². The largest absolute Gasteiger partial charge is 0.465 e. The number of halogens is 2. The number of ether oxygens (including phenoxy) is 1. The number of nitro benzene ring substituents is 1. The van der Waals surface area contributed by atoms with Gasteiger partial charge in [-0.3, -0.25) is 10.1 Å². The molecule has 0 aliphatic carbocycles. The fraction of sp³-hybridized carbons (Fsp3) is 0.222. The third kappa shape index (κ3) is 2.43. The Bertz CT molecular complexity index is 434. The van der Waals surface area contributed by atoms with Crippen molar-refractivity contribution < 1.29 is 14.5 Å². The molecule has 0 unspecified atom stereocenters. The Morgan fingerprint density at radius 3 is 2.56 bits per heavy atom. The maximum Gasteiger partial charge on any atom is 0.344 e. The molecule has 0 saturated carbocycles. The molecular weight excluding hydrogens is 257 g/mol. The number of methoxy groups -OCH3 is 1. The van der Waals surface area contributed by atoms with E-state index < -0.39 is 21.4 Å². The average molecular weight is 264 g/mol. The molecule has 0 aliphatic heterocycles. The van der Waals surface area contributed by atoms with Crippen molar-refractivity contribution in [3.05, 3.63) is 39.4 Å². The highest BCUT2D eigenvalue weighted by molar-refractivity contribution is 6.44. The van der Waals surface area contributed by atoms with Gasteiger partial charge in [-0.2, -0.15) is 0 Å². The molecule has 0 radical (unpaired) electrons. The summed E-state index contributed by atoms with van der Waals surface area (Å²) >= 11 is 11.2. The molecule has 86 valence electrons. The molecule has 0 bridgehead atoms. The number of esters is 1. The summed E-state index contributed by atoms with van der Waals surface area (Å²) in [5.41, 5.74) is -0.531. The third-order valence-corrected chi connectivity index (χ3v) is 2.36. The lowest BCUT2D eigenvalue weighted by Crippen LogP contribution is -2.07. The molecule has 0 atom stereocenters. The standard InChI is InChI=1S/C9H7Cl2NO4/c1-16-9(13)6-4-2-3-5(8(10)11)7(6)12(14)15/h2-4,8H,1H3. The quantitative estimate of drug-likeness (QED) is 0.364. The lowest BCUT2D eigenvalue weighted by Gasteiger charge is -2.06. The van der Waals surface area contributed by atoms with Crippen LogP contribution in [0.25, 0.3) is 0 Å². The van der Waals surface area contributed by atoms with Crippen molar-refractivity contribution in [2.75, 3.05) is 7.11 Å². The molecule has 0 spiro atoms. The molecule has 0 fully saturated rings. The van der Waals surface area contributed by atoms with E-state index in [0.717, 1.165) is 7.11 Å². The Morgan fingerprint density at radius 2 is 2.12 bits per heavy atom. The van der Waals surface area contributed by atoms with Gasteiger partial charge in [0.2, 0.25) is 0 Å². The summed E-state index contributed by atoms with van der Waals surface area (Å²) in [4.78, 5) is 20.4. The number of alkyl halides is 2. The van der Waals surface area contributed by atoms with Crippen molar-refractivity contribution in [1.82, 2.24) is 0 Å². The van der Waals surface area contributed by atoms with E-state index in [-0.39, 0.29) is 11.1 Å². The summed E-state index contributed by atoms with van der Waals surface area (Å²) in [5.74, 6) is -0.803. The number of benzene rings is 1. The van der Waals surface area contributed by atoms with E-state index in [1.54, 1.807) is 0 Å². The van der Waals surface area contributed by atoms with Crippen LogP contribution in [0.15, 0.2) is 18.2 Å². The molecule has 0 N–H and O–H groups in total. The highest BCUT2D eigenvalue weighted by atomic mass is 35.5. The van der Waals surface area contributed by atoms with Crippen LogP contribution in [0, 0.1) is 10.1 Å². The van der Waals surface area contributed by atoms with Crippen molar-refractivity contribution in [3.63, 3.8) is 0 Å². The van der Waals surface area contributed by atoms with Crippen LogP contribution in [-0.4, -0.2) is 18.0 Å². The van der Waals surface area contributed by atoms with Crippen LogP contribution in [0.5, 0.6) is 0 Å². The van der Waals surface area contributed by atoms with Gasteiger partial charge in [-0.05, 0) is 12.1 Å². The molecule has 1 aromatic rings. The topological polar surface area (TPSA) is 69.4 Å². The molecule has 0 heterocycles. The minimum Gasteiger partial charge on any atom is -0.465 e.